The molecule has 3 amide bonds. The molecule has 4 aromatic rings. The molecule has 2 heterocycles. The zero-order valence-electron chi connectivity index (χ0n) is 26.1. The number of rotatable bonds is 9. The Morgan fingerprint density at radius 3 is 2.51 bits per heavy atom. The van der Waals surface area contributed by atoms with Gasteiger partial charge in [-0.25, -0.2) is 9.59 Å². The summed E-state index contributed by atoms with van der Waals surface area (Å²) in [6.07, 6.45) is -3.43. The molecule has 0 saturated carbocycles. The summed E-state index contributed by atoms with van der Waals surface area (Å²) < 4.78 is 22.3. The molecular weight excluding hydrogens is 608 g/mol. The number of amides is 3. The number of fused-ring (bicyclic) bond motifs is 2. The van der Waals surface area contributed by atoms with Crippen LogP contribution < -0.4 is 9.47 Å². The highest BCUT2D eigenvalue weighted by Crippen LogP contribution is 2.39. The Hall–Kier alpha value is -5.20. The number of carbonyl (C=O) groups excluding carboxylic acids is 3. The summed E-state index contributed by atoms with van der Waals surface area (Å²) in [4.78, 5) is 54.0. The SMILES string of the molecule is COc1ccc2c3c(c4ccccc4cc13)C(=O)N(CCN(C)C(=O)OCc1ccc(OC3CC(O)CC(C(=O)O)O3)c(C)c1)C2=O. The largest absolute Gasteiger partial charge is 0.496 e. The minimum atomic E-state index is -1.16. The van der Waals surface area contributed by atoms with Crippen LogP contribution in [0, 0.1) is 6.92 Å². The molecule has 12 nitrogen and oxygen atoms in total. The molecule has 0 radical (unpaired) electrons. The van der Waals surface area contributed by atoms with E-state index in [1.807, 2.05) is 30.3 Å². The molecule has 0 aromatic heterocycles. The number of aliphatic hydroxyl groups excluding tert-OH is 1. The number of nitrogens with zero attached hydrogens (tertiary/aromatic N) is 2. The molecule has 2 aliphatic heterocycles. The lowest BCUT2D eigenvalue weighted by molar-refractivity contribution is -0.195. The smallest absolute Gasteiger partial charge is 0.409 e. The Morgan fingerprint density at radius 1 is 1.00 bits per heavy atom. The maximum Gasteiger partial charge on any atom is 0.409 e. The van der Waals surface area contributed by atoms with Gasteiger partial charge in [-0.3, -0.25) is 14.5 Å². The lowest BCUT2D eigenvalue weighted by Gasteiger charge is -2.31. The van der Waals surface area contributed by atoms with Crippen LogP contribution in [-0.2, 0) is 20.9 Å². The van der Waals surface area contributed by atoms with Gasteiger partial charge in [-0.2, -0.15) is 0 Å². The van der Waals surface area contributed by atoms with E-state index in [0.29, 0.717) is 44.5 Å². The van der Waals surface area contributed by atoms with Crippen molar-refractivity contribution in [1.29, 1.82) is 0 Å². The van der Waals surface area contributed by atoms with E-state index >= 15 is 0 Å². The number of hydrogen-bond donors (Lipinski definition) is 2. The molecule has 6 rings (SSSR count). The third-order valence-electron chi connectivity index (χ3n) is 8.51. The Labute approximate surface area is 270 Å². The quantitative estimate of drug-likeness (QED) is 0.197. The van der Waals surface area contributed by atoms with Crippen LogP contribution >= 0.6 is 0 Å². The fraction of sp³-hybridized carbons (Fsp3) is 0.314. The van der Waals surface area contributed by atoms with E-state index in [4.69, 9.17) is 18.9 Å². The molecule has 4 aromatic carbocycles. The van der Waals surface area contributed by atoms with E-state index in [1.165, 1.54) is 11.9 Å². The molecule has 2 aliphatic rings. The first kappa shape index (κ1) is 31.8. The number of aliphatic hydroxyl groups is 1. The number of carboxylic acids is 1. The first-order chi connectivity index (χ1) is 22.5. The van der Waals surface area contributed by atoms with Crippen LogP contribution in [0.5, 0.6) is 11.5 Å². The number of imide groups is 1. The van der Waals surface area contributed by atoms with Gasteiger partial charge in [-0.1, -0.05) is 30.3 Å². The second-order valence-corrected chi connectivity index (χ2v) is 11.7. The van der Waals surface area contributed by atoms with Gasteiger partial charge in [0, 0.05) is 49.3 Å². The minimum absolute atomic E-state index is 0.00508. The Morgan fingerprint density at radius 2 is 1.77 bits per heavy atom. The van der Waals surface area contributed by atoms with Gasteiger partial charge < -0.3 is 34.1 Å². The van der Waals surface area contributed by atoms with Crippen molar-refractivity contribution in [3.8, 4) is 11.5 Å². The minimum Gasteiger partial charge on any atom is -0.496 e. The van der Waals surface area contributed by atoms with E-state index in [2.05, 4.69) is 0 Å². The van der Waals surface area contributed by atoms with Gasteiger partial charge in [-0.15, -0.1) is 0 Å². The van der Waals surface area contributed by atoms with Gasteiger partial charge in [0.15, 0.2) is 6.10 Å². The summed E-state index contributed by atoms with van der Waals surface area (Å²) in [5.74, 6) is -1.04. The van der Waals surface area contributed by atoms with Crippen molar-refractivity contribution in [3.05, 3.63) is 82.9 Å². The highest BCUT2D eigenvalue weighted by molar-refractivity contribution is 6.31. The summed E-state index contributed by atoms with van der Waals surface area (Å²) >= 11 is 0. The van der Waals surface area contributed by atoms with Gasteiger partial charge in [0.2, 0.25) is 6.29 Å². The fourth-order valence-corrected chi connectivity index (χ4v) is 6.07. The predicted molar refractivity (Wildman–Crippen MR) is 170 cm³/mol. The van der Waals surface area contributed by atoms with Crippen LogP contribution in [-0.4, -0.2) is 89.6 Å². The van der Waals surface area contributed by atoms with E-state index < -0.39 is 42.4 Å². The molecular formula is C35H34N2O10. The number of carboxylic acid groups (broad SMARTS) is 1. The topological polar surface area (TPSA) is 152 Å². The highest BCUT2D eigenvalue weighted by Gasteiger charge is 2.36. The fourth-order valence-electron chi connectivity index (χ4n) is 6.07. The second-order valence-electron chi connectivity index (χ2n) is 11.7. The number of likely N-dealkylation sites (N-methyl/N-ethyl adjacent to an activating group) is 1. The predicted octanol–water partition coefficient (Wildman–Crippen LogP) is 4.50. The lowest BCUT2D eigenvalue weighted by Crippen LogP contribution is -2.45. The molecule has 12 heteroatoms. The van der Waals surface area contributed by atoms with E-state index in [1.54, 1.807) is 44.4 Å². The molecule has 0 spiro atoms. The summed E-state index contributed by atoms with van der Waals surface area (Å²) in [5.41, 5.74) is 2.19. The van der Waals surface area contributed by atoms with E-state index in [-0.39, 0.29) is 32.5 Å². The number of carbonyl (C=O) groups is 4. The van der Waals surface area contributed by atoms with Gasteiger partial charge in [0.25, 0.3) is 11.8 Å². The Balaban J connectivity index is 1.09. The van der Waals surface area contributed by atoms with Crippen molar-refractivity contribution in [3.63, 3.8) is 0 Å². The van der Waals surface area contributed by atoms with Gasteiger partial charge in [0.1, 0.15) is 18.1 Å². The molecule has 3 atom stereocenters. The molecule has 1 saturated heterocycles. The Bertz CT molecular complexity index is 1910. The molecule has 0 bridgehead atoms. The van der Waals surface area contributed by atoms with E-state index in [0.717, 1.165) is 15.7 Å². The van der Waals surface area contributed by atoms with Crippen LogP contribution in [0.2, 0.25) is 0 Å². The van der Waals surface area contributed by atoms with Crippen LogP contribution in [0.4, 0.5) is 4.79 Å². The average molecular weight is 643 g/mol. The van der Waals surface area contributed by atoms with Crippen LogP contribution in [0.25, 0.3) is 21.5 Å². The molecule has 244 valence electrons. The number of benzene rings is 4. The summed E-state index contributed by atoms with van der Waals surface area (Å²) in [6, 6.07) is 17.9. The zero-order chi connectivity index (χ0) is 33.4. The number of methoxy groups -OCH3 is 1. The molecule has 47 heavy (non-hydrogen) atoms. The number of aryl methyl sites for hydroxylation is 1. The van der Waals surface area contributed by atoms with Crippen LogP contribution in [0.3, 0.4) is 0 Å². The van der Waals surface area contributed by atoms with Crippen LogP contribution in [0.15, 0.2) is 60.7 Å². The van der Waals surface area contributed by atoms with Crippen molar-refractivity contribution in [2.45, 2.75) is 44.9 Å². The van der Waals surface area contributed by atoms with Gasteiger partial charge in [0.05, 0.1) is 18.8 Å². The molecule has 1 fully saturated rings. The first-order valence-corrected chi connectivity index (χ1v) is 15.1. The van der Waals surface area contributed by atoms with Crippen molar-refractivity contribution in [2.24, 2.45) is 0 Å². The summed E-state index contributed by atoms with van der Waals surface area (Å²) in [5, 5.41) is 22.1. The monoisotopic (exact) mass is 642 g/mol. The number of hydrogen-bond acceptors (Lipinski definition) is 9. The molecule has 0 aliphatic carbocycles. The standard InChI is InChI=1S/C35H34N2O10/c1-19-14-20(8-10-26(19)46-29-17-22(38)16-28(47-29)34(41)42)18-45-35(43)36(2)12-13-37-32(39)24-9-11-27(44-3)25-15-21-6-4-5-7-23(21)31(30(24)25)33(37)40/h4-11,14-15,22,28-29,38H,12-13,16-18H2,1-3H3,(H,41,42). The number of ether oxygens (including phenoxy) is 4. The maximum atomic E-state index is 13.8. The van der Waals surface area contributed by atoms with Gasteiger partial charge >= 0.3 is 12.1 Å². The zero-order valence-corrected chi connectivity index (χ0v) is 26.1. The van der Waals surface area contributed by atoms with Crippen molar-refractivity contribution < 1.29 is 48.3 Å². The number of aliphatic carboxylic acids is 1. The van der Waals surface area contributed by atoms with Crippen LogP contribution in [0.1, 0.15) is 44.7 Å². The normalized spacial score (nSPS) is 19.1. The Kier molecular flexibility index (Phi) is 8.71. The lowest BCUT2D eigenvalue weighted by atomic mass is 9.89. The molecule has 3 unspecified atom stereocenters. The summed E-state index contributed by atoms with van der Waals surface area (Å²) in [6.45, 7) is 1.75. The van der Waals surface area contributed by atoms with Crippen molar-refractivity contribution in [1.82, 2.24) is 9.80 Å². The maximum absolute atomic E-state index is 13.8. The van der Waals surface area contributed by atoms with Crippen molar-refractivity contribution >= 4 is 45.4 Å². The average Bonchev–Trinajstić information content (AvgIpc) is 3.05. The molecule has 2 N–H and O–H groups in total. The van der Waals surface area contributed by atoms with E-state index in [9.17, 15) is 29.4 Å². The first-order valence-electron chi connectivity index (χ1n) is 15.1. The highest BCUT2D eigenvalue weighted by atomic mass is 16.7. The second kappa shape index (κ2) is 12.9. The summed E-state index contributed by atoms with van der Waals surface area (Å²) in [7, 11) is 3.07. The van der Waals surface area contributed by atoms with Gasteiger partial charge in [-0.05, 0) is 59.2 Å². The third-order valence-corrected chi connectivity index (χ3v) is 8.51. The van der Waals surface area contributed by atoms with Crippen molar-refractivity contribution in [2.75, 3.05) is 27.2 Å². The third kappa shape index (κ3) is 6.17.